The largest absolute Gasteiger partial charge is 0.436 e. The summed E-state index contributed by atoms with van der Waals surface area (Å²) < 4.78 is 20.5. The van der Waals surface area contributed by atoms with E-state index in [1.165, 1.54) is 18.2 Å². The Hall–Kier alpha value is -2.69. The third-order valence-electron chi connectivity index (χ3n) is 3.11. The second kappa shape index (κ2) is 3.41. The second-order valence-corrected chi connectivity index (χ2v) is 4.27. The van der Waals surface area contributed by atoms with E-state index >= 15 is 0 Å². The fourth-order valence-electron chi connectivity index (χ4n) is 2.25. The molecule has 4 nitrogen and oxygen atoms in total. The summed E-state index contributed by atoms with van der Waals surface area (Å²) in [6.45, 7) is 0. The Morgan fingerprint density at radius 2 is 2.11 bits per heavy atom. The van der Waals surface area contributed by atoms with Crippen LogP contribution in [-0.2, 0) is 0 Å². The van der Waals surface area contributed by atoms with Gasteiger partial charge in [0.25, 0.3) is 0 Å². The van der Waals surface area contributed by atoms with Gasteiger partial charge >= 0.3 is 0 Å². The summed E-state index contributed by atoms with van der Waals surface area (Å²) in [6.07, 6.45) is 1.73. The molecule has 0 saturated carbocycles. The van der Waals surface area contributed by atoms with Crippen molar-refractivity contribution in [3.05, 3.63) is 58.6 Å². The lowest BCUT2D eigenvalue weighted by Crippen LogP contribution is -2.04. The summed E-state index contributed by atoms with van der Waals surface area (Å²) in [7, 11) is 0. The third-order valence-corrected chi connectivity index (χ3v) is 3.11. The van der Waals surface area contributed by atoms with Gasteiger partial charge in [-0.05, 0) is 30.3 Å². The standard InChI is InChI=1S/C14H7FN2O2/c15-8-4-5-10-9(7-8)13(18)12-14(19-10)16-11-3-1-2-6-17(11)12/h1-7H. The van der Waals surface area contributed by atoms with Crippen molar-refractivity contribution in [1.29, 1.82) is 0 Å². The van der Waals surface area contributed by atoms with Crippen LogP contribution in [0.2, 0.25) is 0 Å². The molecule has 0 amide bonds. The van der Waals surface area contributed by atoms with Crippen LogP contribution in [0.25, 0.3) is 27.8 Å². The van der Waals surface area contributed by atoms with E-state index in [1.807, 2.05) is 6.07 Å². The van der Waals surface area contributed by atoms with Crippen LogP contribution in [0.3, 0.4) is 0 Å². The maximum atomic E-state index is 13.3. The minimum atomic E-state index is -0.465. The summed E-state index contributed by atoms with van der Waals surface area (Å²) >= 11 is 0. The second-order valence-electron chi connectivity index (χ2n) is 4.27. The van der Waals surface area contributed by atoms with Crippen molar-refractivity contribution in [3.8, 4) is 0 Å². The number of hydrogen-bond acceptors (Lipinski definition) is 3. The zero-order valence-corrected chi connectivity index (χ0v) is 9.63. The van der Waals surface area contributed by atoms with Gasteiger partial charge in [0.1, 0.15) is 17.0 Å². The van der Waals surface area contributed by atoms with Crippen LogP contribution in [0.4, 0.5) is 4.39 Å². The van der Waals surface area contributed by atoms with E-state index in [9.17, 15) is 9.18 Å². The molecule has 4 aromatic rings. The first kappa shape index (κ1) is 10.3. The normalized spacial score (nSPS) is 11.6. The summed E-state index contributed by atoms with van der Waals surface area (Å²) in [5.41, 5.74) is 1.26. The highest BCUT2D eigenvalue weighted by molar-refractivity contribution is 5.88. The van der Waals surface area contributed by atoms with E-state index in [0.717, 1.165) is 0 Å². The van der Waals surface area contributed by atoms with E-state index in [0.29, 0.717) is 16.7 Å². The number of aromatic nitrogens is 2. The molecule has 0 aliphatic carbocycles. The van der Waals surface area contributed by atoms with Gasteiger partial charge in [-0.25, -0.2) is 4.39 Å². The highest BCUT2D eigenvalue weighted by atomic mass is 19.1. The predicted molar refractivity (Wildman–Crippen MR) is 68.7 cm³/mol. The quantitative estimate of drug-likeness (QED) is 0.484. The molecule has 4 rings (SSSR count). The SMILES string of the molecule is O=c1c2cc(F)ccc2oc2nc3ccccn3c12. The van der Waals surface area contributed by atoms with Crippen LogP contribution in [-0.4, -0.2) is 9.38 Å². The van der Waals surface area contributed by atoms with Gasteiger partial charge in [0, 0.05) is 6.20 Å². The lowest BCUT2D eigenvalue weighted by Gasteiger charge is -1.97. The fraction of sp³-hybridized carbons (Fsp3) is 0. The Morgan fingerprint density at radius 1 is 1.21 bits per heavy atom. The third kappa shape index (κ3) is 1.32. The number of fused-ring (bicyclic) bond motifs is 4. The predicted octanol–water partition coefficient (Wildman–Crippen LogP) is 2.73. The molecule has 0 bridgehead atoms. The van der Waals surface area contributed by atoms with Gasteiger partial charge in [-0.1, -0.05) is 6.07 Å². The topological polar surface area (TPSA) is 47.5 Å². The van der Waals surface area contributed by atoms with Gasteiger partial charge < -0.3 is 4.42 Å². The van der Waals surface area contributed by atoms with Gasteiger partial charge in [-0.15, -0.1) is 0 Å². The minimum Gasteiger partial charge on any atom is -0.436 e. The van der Waals surface area contributed by atoms with Gasteiger partial charge in [0.15, 0.2) is 5.52 Å². The van der Waals surface area contributed by atoms with Gasteiger partial charge in [-0.2, -0.15) is 4.98 Å². The Kier molecular flexibility index (Phi) is 1.84. The highest BCUT2D eigenvalue weighted by Gasteiger charge is 2.13. The van der Waals surface area contributed by atoms with Gasteiger partial charge in [0.2, 0.25) is 11.1 Å². The fourth-order valence-corrected chi connectivity index (χ4v) is 2.25. The molecule has 92 valence electrons. The van der Waals surface area contributed by atoms with Crippen molar-refractivity contribution >= 4 is 27.8 Å². The molecule has 0 saturated heterocycles. The monoisotopic (exact) mass is 254 g/mol. The molecule has 0 unspecified atom stereocenters. The average Bonchev–Trinajstić information content (AvgIpc) is 2.78. The van der Waals surface area contributed by atoms with Crippen molar-refractivity contribution in [2.75, 3.05) is 0 Å². The molecular weight excluding hydrogens is 247 g/mol. The van der Waals surface area contributed by atoms with Crippen LogP contribution in [0.5, 0.6) is 0 Å². The summed E-state index contributed by atoms with van der Waals surface area (Å²) in [5.74, 6) is -0.465. The Bertz CT molecular complexity index is 1000. The maximum Gasteiger partial charge on any atom is 0.250 e. The number of halogens is 1. The maximum absolute atomic E-state index is 13.3. The first-order chi connectivity index (χ1) is 9.24. The summed E-state index contributed by atoms with van der Waals surface area (Å²) in [5, 5.41) is 0.221. The van der Waals surface area contributed by atoms with E-state index in [2.05, 4.69) is 4.98 Å². The number of benzene rings is 1. The van der Waals surface area contributed by atoms with E-state index in [4.69, 9.17) is 4.42 Å². The minimum absolute atomic E-state index is 0.221. The van der Waals surface area contributed by atoms with Crippen molar-refractivity contribution in [1.82, 2.24) is 9.38 Å². The molecule has 0 spiro atoms. The molecule has 3 aromatic heterocycles. The van der Waals surface area contributed by atoms with E-state index in [1.54, 1.807) is 22.7 Å². The first-order valence-electron chi connectivity index (χ1n) is 5.73. The van der Waals surface area contributed by atoms with Crippen molar-refractivity contribution in [3.63, 3.8) is 0 Å². The molecule has 19 heavy (non-hydrogen) atoms. The van der Waals surface area contributed by atoms with E-state index in [-0.39, 0.29) is 16.5 Å². The van der Waals surface area contributed by atoms with Crippen molar-refractivity contribution in [2.24, 2.45) is 0 Å². The Balaban J connectivity index is 2.34. The number of rotatable bonds is 0. The van der Waals surface area contributed by atoms with Crippen LogP contribution >= 0.6 is 0 Å². The summed E-state index contributed by atoms with van der Waals surface area (Å²) in [6, 6.07) is 9.28. The lowest BCUT2D eigenvalue weighted by atomic mass is 10.2. The molecule has 5 heteroatoms. The zero-order valence-electron chi connectivity index (χ0n) is 9.63. The van der Waals surface area contributed by atoms with Gasteiger partial charge in [-0.3, -0.25) is 9.20 Å². The molecular formula is C14H7FN2O2. The number of hydrogen-bond donors (Lipinski definition) is 0. The van der Waals surface area contributed by atoms with Gasteiger partial charge in [0.05, 0.1) is 5.39 Å². The number of nitrogens with zero attached hydrogens (tertiary/aromatic N) is 2. The smallest absolute Gasteiger partial charge is 0.250 e. The van der Waals surface area contributed by atoms with Crippen molar-refractivity contribution < 1.29 is 8.81 Å². The average molecular weight is 254 g/mol. The molecule has 3 heterocycles. The van der Waals surface area contributed by atoms with Crippen LogP contribution in [0.1, 0.15) is 0 Å². The zero-order chi connectivity index (χ0) is 13.0. The first-order valence-corrected chi connectivity index (χ1v) is 5.73. The lowest BCUT2D eigenvalue weighted by molar-refractivity contribution is 0.621. The molecule has 0 N–H and O–H groups in total. The van der Waals surface area contributed by atoms with Crippen LogP contribution < -0.4 is 5.43 Å². The Morgan fingerprint density at radius 3 is 3.00 bits per heavy atom. The molecule has 1 aromatic carbocycles. The van der Waals surface area contributed by atoms with Crippen molar-refractivity contribution in [2.45, 2.75) is 0 Å². The number of imidazole rings is 1. The van der Waals surface area contributed by atoms with Crippen LogP contribution in [0.15, 0.2) is 51.8 Å². The molecule has 0 aliphatic heterocycles. The molecule has 0 radical (unpaired) electrons. The Labute approximate surface area is 105 Å². The van der Waals surface area contributed by atoms with E-state index < -0.39 is 5.82 Å². The summed E-state index contributed by atoms with van der Waals surface area (Å²) in [4.78, 5) is 16.7. The number of pyridine rings is 1. The molecule has 0 aliphatic rings. The van der Waals surface area contributed by atoms with Crippen LogP contribution in [0, 0.1) is 5.82 Å². The molecule has 0 fully saturated rings. The molecule has 0 atom stereocenters. The highest BCUT2D eigenvalue weighted by Crippen LogP contribution is 2.20.